The SMILES string of the molecule is COCCn1c(=O)ccc2c(N3CCCCC3)ncnc21. The lowest BCUT2D eigenvalue weighted by Crippen LogP contribution is -2.31. The number of fused-ring (bicyclic) bond motifs is 1. The number of hydrogen-bond acceptors (Lipinski definition) is 5. The van der Waals surface area contributed by atoms with Crippen LogP contribution in [0.3, 0.4) is 0 Å². The molecule has 0 atom stereocenters. The second kappa shape index (κ2) is 6.22. The van der Waals surface area contributed by atoms with Crippen LogP contribution in [0.25, 0.3) is 11.0 Å². The van der Waals surface area contributed by atoms with E-state index in [9.17, 15) is 4.79 Å². The van der Waals surface area contributed by atoms with E-state index in [0.29, 0.717) is 18.8 Å². The van der Waals surface area contributed by atoms with Crippen molar-refractivity contribution < 1.29 is 4.74 Å². The zero-order valence-corrected chi connectivity index (χ0v) is 12.3. The lowest BCUT2D eigenvalue weighted by molar-refractivity contribution is 0.187. The van der Waals surface area contributed by atoms with Gasteiger partial charge in [-0.2, -0.15) is 0 Å². The van der Waals surface area contributed by atoms with Crippen LogP contribution in [0, 0.1) is 0 Å². The Morgan fingerprint density at radius 1 is 1.19 bits per heavy atom. The molecule has 21 heavy (non-hydrogen) atoms. The van der Waals surface area contributed by atoms with Crippen molar-refractivity contribution in [2.45, 2.75) is 25.8 Å². The van der Waals surface area contributed by atoms with E-state index in [1.807, 2.05) is 6.07 Å². The highest BCUT2D eigenvalue weighted by atomic mass is 16.5. The first kappa shape index (κ1) is 14.0. The van der Waals surface area contributed by atoms with Gasteiger partial charge in [0, 0.05) is 26.3 Å². The van der Waals surface area contributed by atoms with E-state index in [-0.39, 0.29) is 5.56 Å². The monoisotopic (exact) mass is 288 g/mol. The lowest BCUT2D eigenvalue weighted by atomic mass is 10.1. The fourth-order valence-corrected chi connectivity index (χ4v) is 2.85. The van der Waals surface area contributed by atoms with Gasteiger partial charge in [-0.3, -0.25) is 9.36 Å². The molecule has 1 fully saturated rings. The molecule has 0 radical (unpaired) electrons. The third-order valence-electron chi connectivity index (χ3n) is 3.93. The second-order valence-corrected chi connectivity index (χ2v) is 5.30. The van der Waals surface area contributed by atoms with Crippen molar-refractivity contribution in [3.63, 3.8) is 0 Å². The summed E-state index contributed by atoms with van der Waals surface area (Å²) in [7, 11) is 1.63. The number of pyridine rings is 1. The molecule has 0 aliphatic carbocycles. The van der Waals surface area contributed by atoms with Gasteiger partial charge in [-0.1, -0.05) is 0 Å². The van der Waals surface area contributed by atoms with Crippen LogP contribution in [-0.4, -0.2) is 41.3 Å². The standard InChI is InChI=1S/C15H20N4O2/c1-21-10-9-19-13(20)6-5-12-14(16-11-17-15(12)19)18-7-3-2-4-8-18/h5-6,11H,2-4,7-10H2,1H3. The quantitative estimate of drug-likeness (QED) is 0.851. The third kappa shape index (κ3) is 2.76. The molecule has 0 saturated carbocycles. The lowest BCUT2D eigenvalue weighted by Gasteiger charge is -2.28. The van der Waals surface area contributed by atoms with Gasteiger partial charge in [0.25, 0.3) is 5.56 Å². The van der Waals surface area contributed by atoms with E-state index in [4.69, 9.17) is 4.74 Å². The summed E-state index contributed by atoms with van der Waals surface area (Å²) in [5, 5.41) is 0.940. The van der Waals surface area contributed by atoms with Crippen LogP contribution in [0.15, 0.2) is 23.3 Å². The van der Waals surface area contributed by atoms with Crippen molar-refractivity contribution >= 4 is 16.9 Å². The van der Waals surface area contributed by atoms with Gasteiger partial charge < -0.3 is 9.64 Å². The highest BCUT2D eigenvalue weighted by Gasteiger charge is 2.16. The summed E-state index contributed by atoms with van der Waals surface area (Å²) in [5.74, 6) is 0.936. The van der Waals surface area contributed by atoms with Gasteiger partial charge in [-0.05, 0) is 25.3 Å². The Balaban J connectivity index is 2.08. The molecule has 112 valence electrons. The smallest absolute Gasteiger partial charge is 0.252 e. The molecule has 1 saturated heterocycles. The molecule has 2 aromatic heterocycles. The molecule has 0 bridgehead atoms. The number of methoxy groups -OCH3 is 1. The van der Waals surface area contributed by atoms with Gasteiger partial charge in [0.05, 0.1) is 18.5 Å². The van der Waals surface area contributed by atoms with Crippen LogP contribution in [0.2, 0.25) is 0 Å². The minimum atomic E-state index is -0.0529. The van der Waals surface area contributed by atoms with E-state index in [2.05, 4.69) is 14.9 Å². The summed E-state index contributed by atoms with van der Waals surface area (Å²) in [6.45, 7) is 3.03. The van der Waals surface area contributed by atoms with Crippen LogP contribution >= 0.6 is 0 Å². The topological polar surface area (TPSA) is 60.2 Å². The number of anilines is 1. The molecule has 0 unspecified atom stereocenters. The first-order chi connectivity index (χ1) is 10.3. The molecular formula is C15H20N4O2. The van der Waals surface area contributed by atoms with Gasteiger partial charge in [0.15, 0.2) is 0 Å². The summed E-state index contributed by atoms with van der Waals surface area (Å²) in [6.07, 6.45) is 5.21. The molecule has 1 aliphatic rings. The van der Waals surface area contributed by atoms with Crippen LogP contribution in [0.4, 0.5) is 5.82 Å². The normalized spacial score (nSPS) is 15.6. The number of ether oxygens (including phenoxy) is 1. The van der Waals surface area contributed by atoms with Crippen LogP contribution in [-0.2, 0) is 11.3 Å². The van der Waals surface area contributed by atoms with Crippen molar-refractivity contribution in [3.05, 3.63) is 28.8 Å². The molecule has 3 rings (SSSR count). The maximum absolute atomic E-state index is 12.1. The van der Waals surface area contributed by atoms with Crippen molar-refractivity contribution in [1.82, 2.24) is 14.5 Å². The molecule has 0 amide bonds. The van der Waals surface area contributed by atoms with E-state index < -0.39 is 0 Å². The van der Waals surface area contributed by atoms with Gasteiger partial charge >= 0.3 is 0 Å². The summed E-state index contributed by atoms with van der Waals surface area (Å²) in [5.41, 5.74) is 0.637. The van der Waals surface area contributed by atoms with Crippen molar-refractivity contribution in [1.29, 1.82) is 0 Å². The minimum absolute atomic E-state index is 0.0529. The number of aromatic nitrogens is 3. The number of nitrogens with zero attached hydrogens (tertiary/aromatic N) is 4. The van der Waals surface area contributed by atoms with Crippen LogP contribution < -0.4 is 10.5 Å². The highest BCUT2D eigenvalue weighted by Crippen LogP contribution is 2.24. The molecule has 2 aromatic rings. The van der Waals surface area contributed by atoms with Crippen LogP contribution in [0.5, 0.6) is 0 Å². The number of rotatable bonds is 4. The predicted molar refractivity (Wildman–Crippen MR) is 81.7 cm³/mol. The van der Waals surface area contributed by atoms with E-state index in [1.165, 1.54) is 19.3 Å². The summed E-state index contributed by atoms with van der Waals surface area (Å²) in [6, 6.07) is 3.43. The molecule has 0 N–H and O–H groups in total. The molecule has 1 aliphatic heterocycles. The second-order valence-electron chi connectivity index (χ2n) is 5.30. The molecule has 6 nitrogen and oxygen atoms in total. The Morgan fingerprint density at radius 3 is 2.76 bits per heavy atom. The Morgan fingerprint density at radius 2 is 2.00 bits per heavy atom. The predicted octanol–water partition coefficient (Wildman–Crippen LogP) is 1.43. The Labute approximate surface area is 123 Å². The van der Waals surface area contributed by atoms with Gasteiger partial charge in [0.2, 0.25) is 0 Å². The Hall–Kier alpha value is -1.95. The minimum Gasteiger partial charge on any atom is -0.383 e. The third-order valence-corrected chi connectivity index (χ3v) is 3.93. The van der Waals surface area contributed by atoms with Gasteiger partial charge in [0.1, 0.15) is 17.8 Å². The maximum atomic E-state index is 12.1. The first-order valence-corrected chi connectivity index (χ1v) is 7.39. The zero-order valence-electron chi connectivity index (χ0n) is 12.3. The summed E-state index contributed by atoms with van der Waals surface area (Å²) >= 11 is 0. The van der Waals surface area contributed by atoms with Crippen molar-refractivity contribution in [2.24, 2.45) is 0 Å². The maximum Gasteiger partial charge on any atom is 0.252 e. The fraction of sp³-hybridized carbons (Fsp3) is 0.533. The largest absolute Gasteiger partial charge is 0.383 e. The zero-order chi connectivity index (χ0) is 14.7. The average Bonchev–Trinajstić information content (AvgIpc) is 2.54. The van der Waals surface area contributed by atoms with Gasteiger partial charge in [-0.15, -0.1) is 0 Å². The fourth-order valence-electron chi connectivity index (χ4n) is 2.85. The highest BCUT2D eigenvalue weighted by molar-refractivity contribution is 5.87. The molecule has 6 heteroatoms. The molecule has 3 heterocycles. The van der Waals surface area contributed by atoms with Crippen molar-refractivity contribution in [2.75, 3.05) is 31.7 Å². The van der Waals surface area contributed by atoms with Crippen LogP contribution in [0.1, 0.15) is 19.3 Å². The van der Waals surface area contributed by atoms with E-state index in [1.54, 1.807) is 24.1 Å². The molecule has 0 aromatic carbocycles. The molecule has 0 spiro atoms. The molecular weight excluding hydrogens is 268 g/mol. The summed E-state index contributed by atoms with van der Waals surface area (Å²) < 4.78 is 6.74. The van der Waals surface area contributed by atoms with Crippen molar-refractivity contribution in [3.8, 4) is 0 Å². The van der Waals surface area contributed by atoms with Gasteiger partial charge in [-0.25, -0.2) is 9.97 Å². The summed E-state index contributed by atoms with van der Waals surface area (Å²) in [4.78, 5) is 23.1. The van der Waals surface area contributed by atoms with E-state index >= 15 is 0 Å². The number of hydrogen-bond donors (Lipinski definition) is 0. The first-order valence-electron chi connectivity index (χ1n) is 7.39. The Kier molecular flexibility index (Phi) is 4.15. The number of piperidine rings is 1. The van der Waals surface area contributed by atoms with E-state index in [0.717, 1.165) is 24.3 Å². The average molecular weight is 288 g/mol. The Bertz CT molecular complexity index is 677.